The number of rotatable bonds is 8. The van der Waals surface area contributed by atoms with E-state index in [1.807, 2.05) is 12.5 Å². The largest absolute Gasteiger partial charge is 0.382 e. The van der Waals surface area contributed by atoms with Gasteiger partial charge >= 0.3 is 0 Å². The Kier molecular flexibility index (Phi) is 5.97. The molecule has 150 valence electrons. The first kappa shape index (κ1) is 19.0. The fourth-order valence-corrected chi connectivity index (χ4v) is 4.32. The van der Waals surface area contributed by atoms with Crippen LogP contribution < -0.4 is 5.32 Å². The van der Waals surface area contributed by atoms with E-state index in [0.717, 1.165) is 12.8 Å². The van der Waals surface area contributed by atoms with Gasteiger partial charge in [0.15, 0.2) is 0 Å². The Hall–Kier alpha value is -2.32. The Labute approximate surface area is 164 Å². The van der Waals surface area contributed by atoms with Crippen molar-refractivity contribution in [3.05, 3.63) is 43.0 Å². The number of ether oxygens (including phenoxy) is 2. The third-order valence-corrected chi connectivity index (χ3v) is 5.80. The molecule has 0 saturated heterocycles. The van der Waals surface area contributed by atoms with Crippen LogP contribution in [-0.4, -0.2) is 57.9 Å². The fourth-order valence-electron chi connectivity index (χ4n) is 4.32. The SMILES string of the molecule is COCCOC1CC(C2CC2)C(NC(=O)c2ccncn2)C(n2ccnc2)C1. The highest BCUT2D eigenvalue weighted by Gasteiger charge is 2.46. The molecule has 2 fully saturated rings. The van der Waals surface area contributed by atoms with Crippen LogP contribution in [0.1, 0.15) is 42.2 Å². The maximum Gasteiger partial charge on any atom is 0.270 e. The van der Waals surface area contributed by atoms with Crippen molar-refractivity contribution in [1.82, 2.24) is 24.8 Å². The average molecular weight is 385 g/mol. The fraction of sp³-hybridized carbons (Fsp3) is 0.600. The summed E-state index contributed by atoms with van der Waals surface area (Å²) in [5.41, 5.74) is 0.396. The normalized spacial score (nSPS) is 27.5. The molecule has 0 bridgehead atoms. The predicted molar refractivity (Wildman–Crippen MR) is 102 cm³/mol. The van der Waals surface area contributed by atoms with Crippen LogP contribution in [0.3, 0.4) is 0 Å². The van der Waals surface area contributed by atoms with Crippen LogP contribution in [0, 0.1) is 11.8 Å². The van der Waals surface area contributed by atoms with Gasteiger partial charge in [-0.05, 0) is 43.6 Å². The third-order valence-electron chi connectivity index (χ3n) is 5.80. The highest BCUT2D eigenvalue weighted by atomic mass is 16.5. The molecule has 1 amide bonds. The van der Waals surface area contributed by atoms with E-state index in [4.69, 9.17) is 9.47 Å². The minimum atomic E-state index is -0.151. The third kappa shape index (κ3) is 4.39. The van der Waals surface area contributed by atoms with Crippen molar-refractivity contribution in [1.29, 1.82) is 0 Å². The summed E-state index contributed by atoms with van der Waals surface area (Å²) in [7, 11) is 1.68. The van der Waals surface area contributed by atoms with Gasteiger partial charge in [-0.2, -0.15) is 0 Å². The van der Waals surface area contributed by atoms with Crippen molar-refractivity contribution in [2.75, 3.05) is 20.3 Å². The van der Waals surface area contributed by atoms with Gasteiger partial charge in [-0.15, -0.1) is 0 Å². The molecule has 8 heteroatoms. The minimum absolute atomic E-state index is 0.0199. The van der Waals surface area contributed by atoms with Crippen molar-refractivity contribution in [3.8, 4) is 0 Å². The molecule has 4 atom stereocenters. The lowest BCUT2D eigenvalue weighted by Crippen LogP contribution is -2.52. The number of carbonyl (C=O) groups is 1. The van der Waals surface area contributed by atoms with E-state index in [9.17, 15) is 4.79 Å². The molecule has 2 aromatic rings. The molecule has 1 N–H and O–H groups in total. The zero-order chi connectivity index (χ0) is 19.3. The van der Waals surface area contributed by atoms with Gasteiger partial charge in [-0.25, -0.2) is 15.0 Å². The Bertz CT molecular complexity index is 750. The quantitative estimate of drug-likeness (QED) is 0.698. The number of nitrogens with one attached hydrogen (secondary N) is 1. The van der Waals surface area contributed by atoms with E-state index < -0.39 is 0 Å². The number of imidazole rings is 1. The summed E-state index contributed by atoms with van der Waals surface area (Å²) in [6.07, 6.45) is 12.9. The molecule has 0 spiro atoms. The summed E-state index contributed by atoms with van der Waals surface area (Å²) in [6.45, 7) is 1.18. The molecule has 2 saturated carbocycles. The van der Waals surface area contributed by atoms with Crippen molar-refractivity contribution in [3.63, 3.8) is 0 Å². The van der Waals surface area contributed by atoms with Crippen molar-refractivity contribution in [2.24, 2.45) is 11.8 Å². The Balaban J connectivity index is 1.55. The van der Waals surface area contributed by atoms with Gasteiger partial charge in [0.1, 0.15) is 12.0 Å². The van der Waals surface area contributed by atoms with E-state index in [1.54, 1.807) is 25.6 Å². The first-order valence-electron chi connectivity index (χ1n) is 9.91. The second-order valence-electron chi connectivity index (χ2n) is 7.63. The molecular formula is C20H27N5O3. The summed E-state index contributed by atoms with van der Waals surface area (Å²) >= 11 is 0. The number of aromatic nitrogens is 4. The molecule has 28 heavy (non-hydrogen) atoms. The van der Waals surface area contributed by atoms with Crippen LogP contribution in [0.2, 0.25) is 0 Å². The predicted octanol–water partition coefficient (Wildman–Crippen LogP) is 1.86. The van der Waals surface area contributed by atoms with Gasteiger partial charge in [-0.1, -0.05) is 0 Å². The van der Waals surface area contributed by atoms with Gasteiger partial charge in [0.05, 0.1) is 37.7 Å². The van der Waals surface area contributed by atoms with Crippen molar-refractivity contribution >= 4 is 5.91 Å². The van der Waals surface area contributed by atoms with E-state index in [-0.39, 0.29) is 24.1 Å². The number of methoxy groups -OCH3 is 1. The second-order valence-corrected chi connectivity index (χ2v) is 7.63. The number of nitrogens with zero attached hydrogens (tertiary/aromatic N) is 4. The molecule has 2 heterocycles. The summed E-state index contributed by atoms with van der Waals surface area (Å²) < 4.78 is 13.3. The molecule has 8 nitrogen and oxygen atoms in total. The molecule has 4 rings (SSSR count). The van der Waals surface area contributed by atoms with E-state index in [2.05, 4.69) is 24.8 Å². The maximum absolute atomic E-state index is 12.8. The van der Waals surface area contributed by atoms with Crippen LogP contribution in [-0.2, 0) is 9.47 Å². The number of carbonyl (C=O) groups excluding carboxylic acids is 1. The first-order valence-corrected chi connectivity index (χ1v) is 9.91. The van der Waals surface area contributed by atoms with E-state index in [0.29, 0.717) is 30.7 Å². The second kappa shape index (κ2) is 8.79. The van der Waals surface area contributed by atoms with E-state index in [1.165, 1.54) is 19.2 Å². The lowest BCUT2D eigenvalue weighted by atomic mass is 9.76. The van der Waals surface area contributed by atoms with E-state index >= 15 is 0 Å². The number of hydrogen-bond acceptors (Lipinski definition) is 6. The van der Waals surface area contributed by atoms with Crippen LogP contribution in [0.4, 0.5) is 0 Å². The topological polar surface area (TPSA) is 91.2 Å². The summed E-state index contributed by atoms with van der Waals surface area (Å²) in [5, 5.41) is 3.27. The van der Waals surface area contributed by atoms with Crippen LogP contribution >= 0.6 is 0 Å². The van der Waals surface area contributed by atoms with Crippen LogP contribution in [0.5, 0.6) is 0 Å². The number of amides is 1. The van der Waals surface area contributed by atoms with Crippen molar-refractivity contribution < 1.29 is 14.3 Å². The van der Waals surface area contributed by atoms with Gasteiger partial charge in [0.25, 0.3) is 5.91 Å². The molecule has 2 aliphatic carbocycles. The zero-order valence-corrected chi connectivity index (χ0v) is 16.1. The lowest BCUT2D eigenvalue weighted by Gasteiger charge is -2.43. The smallest absolute Gasteiger partial charge is 0.270 e. The summed E-state index contributed by atoms with van der Waals surface area (Å²) in [5.74, 6) is 0.858. The van der Waals surface area contributed by atoms with Gasteiger partial charge in [0, 0.05) is 25.7 Å². The Morgan fingerprint density at radius 3 is 2.82 bits per heavy atom. The molecule has 2 aliphatic rings. The van der Waals surface area contributed by atoms with Gasteiger partial charge < -0.3 is 19.4 Å². The summed E-state index contributed by atoms with van der Waals surface area (Å²) in [4.78, 5) is 25.1. The molecule has 0 radical (unpaired) electrons. The molecular weight excluding hydrogens is 358 g/mol. The molecule has 2 aromatic heterocycles. The molecule has 0 aliphatic heterocycles. The standard InChI is InChI=1S/C20H27N5O3/c1-27-8-9-28-15-10-16(14-2-3-14)19(18(11-15)25-7-6-22-13-25)24-20(26)17-4-5-21-12-23-17/h4-7,12-16,18-19H,2-3,8-11H2,1H3,(H,24,26). The highest BCUT2D eigenvalue weighted by Crippen LogP contribution is 2.47. The Morgan fingerprint density at radius 2 is 2.14 bits per heavy atom. The first-order chi connectivity index (χ1) is 13.8. The molecule has 0 aromatic carbocycles. The average Bonchev–Trinajstić information content (AvgIpc) is 3.43. The van der Waals surface area contributed by atoms with Crippen LogP contribution in [0.15, 0.2) is 37.3 Å². The monoisotopic (exact) mass is 385 g/mol. The highest BCUT2D eigenvalue weighted by molar-refractivity contribution is 5.92. The lowest BCUT2D eigenvalue weighted by molar-refractivity contribution is -0.0352. The van der Waals surface area contributed by atoms with Gasteiger partial charge in [0.2, 0.25) is 0 Å². The Morgan fingerprint density at radius 1 is 1.25 bits per heavy atom. The number of hydrogen-bond donors (Lipinski definition) is 1. The van der Waals surface area contributed by atoms with Gasteiger partial charge in [-0.3, -0.25) is 4.79 Å². The molecule has 4 unspecified atom stereocenters. The summed E-state index contributed by atoms with van der Waals surface area (Å²) in [6, 6.07) is 1.76. The van der Waals surface area contributed by atoms with Crippen LogP contribution in [0.25, 0.3) is 0 Å². The zero-order valence-electron chi connectivity index (χ0n) is 16.1. The van der Waals surface area contributed by atoms with Crippen molar-refractivity contribution in [2.45, 2.75) is 43.9 Å². The maximum atomic E-state index is 12.8. The minimum Gasteiger partial charge on any atom is -0.382 e.